The van der Waals surface area contributed by atoms with E-state index < -0.39 is 10.2 Å². The first-order chi connectivity index (χ1) is 14.5. The zero-order valence-corrected chi connectivity index (χ0v) is 18.0. The van der Waals surface area contributed by atoms with E-state index in [4.69, 9.17) is 0 Å². The van der Waals surface area contributed by atoms with Crippen molar-refractivity contribution in [3.05, 3.63) is 47.3 Å². The summed E-state index contributed by atoms with van der Waals surface area (Å²) in [6.07, 6.45) is 10.6. The van der Waals surface area contributed by atoms with Gasteiger partial charge in [-0.05, 0) is 43.7 Å². The maximum absolute atomic E-state index is 13.0. The maximum atomic E-state index is 13.0. The Morgan fingerprint density at radius 2 is 1.70 bits per heavy atom. The minimum absolute atomic E-state index is 0.0940. The van der Waals surface area contributed by atoms with Crippen molar-refractivity contribution in [1.82, 2.24) is 23.1 Å². The molecule has 2 fully saturated rings. The predicted octanol–water partition coefficient (Wildman–Crippen LogP) is 2.14. The molecule has 0 spiro atoms. The van der Waals surface area contributed by atoms with Crippen LogP contribution in [0, 0.1) is 5.92 Å². The second-order valence-corrected chi connectivity index (χ2v) is 10.1. The third kappa shape index (κ3) is 4.79. The molecule has 30 heavy (non-hydrogen) atoms. The van der Waals surface area contributed by atoms with Gasteiger partial charge in [0, 0.05) is 56.7 Å². The smallest absolute Gasteiger partial charge is 0.281 e. The fraction of sp³-hybridized carbons (Fsp3) is 0.571. The molecule has 2 saturated heterocycles. The molecule has 2 aliphatic rings. The highest BCUT2D eigenvalue weighted by Crippen LogP contribution is 2.24. The minimum atomic E-state index is -3.37. The molecule has 8 nitrogen and oxygen atoms in total. The average Bonchev–Trinajstić information content (AvgIpc) is 3.06. The van der Waals surface area contributed by atoms with Crippen LogP contribution in [0.4, 0.5) is 0 Å². The van der Waals surface area contributed by atoms with E-state index in [1.165, 1.54) is 6.07 Å². The highest BCUT2D eigenvalue weighted by Gasteiger charge is 2.33. The van der Waals surface area contributed by atoms with Crippen molar-refractivity contribution in [2.45, 2.75) is 45.1 Å². The number of aromatic nitrogens is 3. The molecule has 2 aromatic heterocycles. The number of rotatable bonds is 5. The van der Waals surface area contributed by atoms with Crippen molar-refractivity contribution in [3.63, 3.8) is 0 Å². The quantitative estimate of drug-likeness (QED) is 0.724. The third-order valence-corrected chi connectivity index (χ3v) is 8.12. The van der Waals surface area contributed by atoms with Crippen LogP contribution in [0.3, 0.4) is 0 Å². The second-order valence-electron chi connectivity index (χ2n) is 8.17. The molecule has 2 aliphatic heterocycles. The summed E-state index contributed by atoms with van der Waals surface area (Å²) in [4.78, 5) is 21.0. The Morgan fingerprint density at radius 1 is 1.00 bits per heavy atom. The Bertz CT molecular complexity index is 993. The van der Waals surface area contributed by atoms with Crippen molar-refractivity contribution in [2.75, 3.05) is 26.2 Å². The van der Waals surface area contributed by atoms with Crippen LogP contribution in [0.1, 0.15) is 38.5 Å². The lowest BCUT2D eigenvalue weighted by molar-refractivity contribution is 0.236. The standard InChI is InChI=1S/C21H29N5O3S/c27-21-14-20(19-6-5-9-22-15-19)23-17-24(21)16-18-7-12-26(13-8-18)30(28,29)25-10-3-1-2-4-11-25/h5-6,9,14-15,17-18H,1-4,7-8,10-13,16H2. The Morgan fingerprint density at radius 3 is 2.33 bits per heavy atom. The van der Waals surface area contributed by atoms with E-state index in [0.717, 1.165) is 44.1 Å². The molecule has 4 rings (SSSR count). The van der Waals surface area contributed by atoms with Crippen molar-refractivity contribution < 1.29 is 8.42 Å². The van der Waals surface area contributed by atoms with Gasteiger partial charge in [-0.2, -0.15) is 17.0 Å². The molecule has 0 saturated carbocycles. The van der Waals surface area contributed by atoms with E-state index in [-0.39, 0.29) is 11.5 Å². The molecular weight excluding hydrogens is 402 g/mol. The van der Waals surface area contributed by atoms with E-state index in [2.05, 4.69) is 9.97 Å². The number of nitrogens with zero attached hydrogens (tertiary/aromatic N) is 5. The molecule has 4 heterocycles. The van der Waals surface area contributed by atoms with Crippen LogP contribution in [0.2, 0.25) is 0 Å². The highest BCUT2D eigenvalue weighted by molar-refractivity contribution is 7.86. The summed E-state index contributed by atoms with van der Waals surface area (Å²) in [5, 5.41) is 0. The van der Waals surface area contributed by atoms with Crippen molar-refractivity contribution in [2.24, 2.45) is 5.92 Å². The average molecular weight is 432 g/mol. The van der Waals surface area contributed by atoms with Crippen LogP contribution in [-0.2, 0) is 16.8 Å². The lowest BCUT2D eigenvalue weighted by Crippen LogP contribution is -2.48. The lowest BCUT2D eigenvalue weighted by Gasteiger charge is -2.34. The number of hydrogen-bond acceptors (Lipinski definition) is 5. The van der Waals surface area contributed by atoms with Gasteiger partial charge >= 0.3 is 0 Å². The van der Waals surface area contributed by atoms with Crippen molar-refractivity contribution >= 4 is 10.2 Å². The van der Waals surface area contributed by atoms with E-state index in [0.29, 0.717) is 38.4 Å². The molecule has 162 valence electrons. The number of piperidine rings is 1. The summed E-state index contributed by atoms with van der Waals surface area (Å²) < 4.78 is 30.8. The van der Waals surface area contributed by atoms with Gasteiger partial charge in [0.1, 0.15) is 0 Å². The Labute approximate surface area is 177 Å². The van der Waals surface area contributed by atoms with Gasteiger partial charge in [0.05, 0.1) is 12.0 Å². The molecule has 0 bridgehead atoms. The summed E-state index contributed by atoms with van der Waals surface area (Å²) >= 11 is 0. The first-order valence-electron chi connectivity index (χ1n) is 10.8. The fourth-order valence-corrected chi connectivity index (χ4v) is 5.99. The maximum Gasteiger partial charge on any atom is 0.281 e. The van der Waals surface area contributed by atoms with E-state index in [1.807, 2.05) is 12.1 Å². The molecule has 0 unspecified atom stereocenters. The summed E-state index contributed by atoms with van der Waals surface area (Å²) in [6.45, 7) is 2.86. The minimum Gasteiger partial charge on any atom is -0.299 e. The molecule has 0 atom stereocenters. The summed E-state index contributed by atoms with van der Waals surface area (Å²) in [7, 11) is -3.37. The monoisotopic (exact) mass is 431 g/mol. The van der Waals surface area contributed by atoms with Crippen LogP contribution < -0.4 is 5.56 Å². The zero-order valence-electron chi connectivity index (χ0n) is 17.2. The van der Waals surface area contributed by atoms with Crippen LogP contribution >= 0.6 is 0 Å². The molecule has 0 amide bonds. The SMILES string of the molecule is O=c1cc(-c2cccnc2)ncn1CC1CCN(S(=O)(=O)N2CCCCCC2)CC1. The summed E-state index contributed by atoms with van der Waals surface area (Å²) in [5.41, 5.74) is 1.33. The molecule has 0 N–H and O–H groups in total. The van der Waals surface area contributed by atoms with E-state index in [9.17, 15) is 13.2 Å². The van der Waals surface area contributed by atoms with E-state index in [1.54, 1.807) is 31.9 Å². The predicted molar refractivity (Wildman–Crippen MR) is 115 cm³/mol. The van der Waals surface area contributed by atoms with Gasteiger partial charge in [0.2, 0.25) is 0 Å². The van der Waals surface area contributed by atoms with Gasteiger partial charge < -0.3 is 0 Å². The summed E-state index contributed by atoms with van der Waals surface area (Å²) in [5.74, 6) is 0.268. The first kappa shape index (κ1) is 21.1. The van der Waals surface area contributed by atoms with Gasteiger partial charge in [-0.25, -0.2) is 4.98 Å². The molecule has 0 aromatic carbocycles. The third-order valence-electron chi connectivity index (χ3n) is 6.08. The topological polar surface area (TPSA) is 88.4 Å². The van der Waals surface area contributed by atoms with Crippen molar-refractivity contribution in [1.29, 1.82) is 0 Å². The van der Waals surface area contributed by atoms with Gasteiger partial charge in [0.15, 0.2) is 0 Å². The molecule has 2 aromatic rings. The molecule has 0 radical (unpaired) electrons. The number of hydrogen-bond donors (Lipinski definition) is 0. The van der Waals surface area contributed by atoms with Gasteiger partial charge in [-0.3, -0.25) is 14.3 Å². The molecule has 9 heteroatoms. The Kier molecular flexibility index (Phi) is 6.60. The lowest BCUT2D eigenvalue weighted by atomic mass is 9.98. The largest absolute Gasteiger partial charge is 0.299 e. The molecular formula is C21H29N5O3S. The normalized spacial score (nSPS) is 20.1. The fourth-order valence-electron chi connectivity index (χ4n) is 4.27. The number of pyridine rings is 1. The van der Waals surface area contributed by atoms with Gasteiger partial charge in [-0.15, -0.1) is 0 Å². The summed E-state index contributed by atoms with van der Waals surface area (Å²) in [6, 6.07) is 5.23. The van der Waals surface area contributed by atoms with Gasteiger partial charge in [0.25, 0.3) is 15.8 Å². The first-order valence-corrected chi connectivity index (χ1v) is 12.2. The Balaban J connectivity index is 1.36. The van der Waals surface area contributed by atoms with Crippen LogP contribution in [0.15, 0.2) is 41.7 Å². The van der Waals surface area contributed by atoms with Crippen LogP contribution in [0.5, 0.6) is 0 Å². The van der Waals surface area contributed by atoms with E-state index >= 15 is 0 Å². The zero-order chi connectivity index (χ0) is 21.0. The van der Waals surface area contributed by atoms with Crippen LogP contribution in [-0.4, -0.2) is 57.7 Å². The van der Waals surface area contributed by atoms with Gasteiger partial charge in [-0.1, -0.05) is 12.8 Å². The highest BCUT2D eigenvalue weighted by atomic mass is 32.2. The second kappa shape index (κ2) is 9.36. The molecule has 0 aliphatic carbocycles. The van der Waals surface area contributed by atoms with Crippen LogP contribution in [0.25, 0.3) is 11.3 Å². The Hall–Kier alpha value is -2.10. The van der Waals surface area contributed by atoms with Crippen molar-refractivity contribution in [3.8, 4) is 11.3 Å².